The predicted molar refractivity (Wildman–Crippen MR) is 75.7 cm³/mol. The maximum absolute atomic E-state index is 12.8. The van der Waals surface area contributed by atoms with Gasteiger partial charge in [0.1, 0.15) is 7.85 Å². The first-order valence-electron chi connectivity index (χ1n) is 6.40. The second-order valence-corrected chi connectivity index (χ2v) is 4.74. The fraction of sp³-hybridized carbons (Fsp3) is 0.125. The van der Waals surface area contributed by atoms with Gasteiger partial charge < -0.3 is 0 Å². The molecule has 0 fully saturated rings. The van der Waals surface area contributed by atoms with Crippen molar-refractivity contribution in [3.05, 3.63) is 76.8 Å². The molecule has 0 saturated carbocycles. The first-order valence-corrected chi connectivity index (χ1v) is 6.40. The summed E-state index contributed by atoms with van der Waals surface area (Å²) >= 11 is 0. The van der Waals surface area contributed by atoms with Gasteiger partial charge in [-0.05, 0) is 41.0 Å². The molecular formula is C16H9BF6. The lowest BCUT2D eigenvalue weighted by atomic mass is 9.90. The van der Waals surface area contributed by atoms with Gasteiger partial charge in [-0.3, -0.25) is 0 Å². The number of benzene rings is 2. The minimum atomic E-state index is -4.55. The topological polar surface area (TPSA) is 0 Å². The van der Waals surface area contributed by atoms with Crippen LogP contribution in [0.1, 0.15) is 22.3 Å². The average molecular weight is 326 g/mol. The number of alkyl halides is 6. The molecular weight excluding hydrogens is 317 g/mol. The van der Waals surface area contributed by atoms with Crippen molar-refractivity contribution in [2.24, 2.45) is 0 Å². The van der Waals surface area contributed by atoms with Crippen molar-refractivity contribution in [3.63, 3.8) is 0 Å². The molecule has 0 nitrogen and oxygen atoms in total. The highest BCUT2D eigenvalue weighted by atomic mass is 19.4. The van der Waals surface area contributed by atoms with E-state index in [2.05, 4.69) is 0 Å². The van der Waals surface area contributed by atoms with Crippen LogP contribution in [0.5, 0.6) is 0 Å². The summed E-state index contributed by atoms with van der Waals surface area (Å²) in [6.07, 6.45) is -9.10. The van der Waals surface area contributed by atoms with Gasteiger partial charge in [-0.1, -0.05) is 24.3 Å². The quantitative estimate of drug-likeness (QED) is 0.520. The Morgan fingerprint density at radius 2 is 1.13 bits per heavy atom. The fourth-order valence-corrected chi connectivity index (χ4v) is 2.09. The molecule has 0 heterocycles. The summed E-state index contributed by atoms with van der Waals surface area (Å²) in [5, 5.41) is 0. The summed E-state index contributed by atoms with van der Waals surface area (Å²) in [5.74, 6) is 0.991. The molecule has 23 heavy (non-hydrogen) atoms. The minimum Gasteiger partial charge on any atom is -0.166 e. The normalized spacial score (nSPS) is 12.1. The van der Waals surface area contributed by atoms with E-state index in [1.807, 2.05) is 0 Å². The standard InChI is InChI=1S/C16H9BF6/c17-9-14(10-3-1-5-12(7-10)15(18,19)20)11-4-2-6-13(8-11)16(21,22)23/h1-9H. The van der Waals surface area contributed by atoms with Crippen LogP contribution in [0.15, 0.2) is 54.5 Å². The Balaban J connectivity index is 2.50. The van der Waals surface area contributed by atoms with Crippen LogP contribution in [-0.4, -0.2) is 7.85 Å². The van der Waals surface area contributed by atoms with Crippen LogP contribution >= 0.6 is 0 Å². The molecule has 2 radical (unpaired) electrons. The maximum atomic E-state index is 12.8. The van der Waals surface area contributed by atoms with Crippen LogP contribution in [0.4, 0.5) is 26.3 Å². The van der Waals surface area contributed by atoms with Crippen LogP contribution in [-0.2, 0) is 12.4 Å². The Bertz CT molecular complexity index is 668. The third-order valence-corrected chi connectivity index (χ3v) is 3.17. The lowest BCUT2D eigenvalue weighted by molar-refractivity contribution is -0.138. The van der Waals surface area contributed by atoms with Crippen molar-refractivity contribution >= 4 is 13.4 Å². The molecule has 118 valence electrons. The lowest BCUT2D eigenvalue weighted by Crippen LogP contribution is -2.06. The number of hydrogen-bond donors (Lipinski definition) is 0. The summed E-state index contributed by atoms with van der Waals surface area (Å²) in [7, 11) is 5.43. The van der Waals surface area contributed by atoms with Crippen LogP contribution in [0.25, 0.3) is 5.57 Å². The monoisotopic (exact) mass is 326 g/mol. The second kappa shape index (κ2) is 6.14. The minimum absolute atomic E-state index is 0.0849. The van der Waals surface area contributed by atoms with E-state index in [4.69, 9.17) is 7.85 Å². The van der Waals surface area contributed by atoms with E-state index < -0.39 is 23.5 Å². The van der Waals surface area contributed by atoms with Gasteiger partial charge in [-0.2, -0.15) is 26.3 Å². The molecule has 0 aliphatic rings. The first kappa shape index (κ1) is 17.2. The van der Waals surface area contributed by atoms with Crippen molar-refractivity contribution in [1.82, 2.24) is 0 Å². The Morgan fingerprint density at radius 3 is 1.43 bits per heavy atom. The molecule has 2 rings (SSSR count). The average Bonchev–Trinajstić information content (AvgIpc) is 2.47. The van der Waals surface area contributed by atoms with E-state index in [9.17, 15) is 26.3 Å². The third-order valence-electron chi connectivity index (χ3n) is 3.17. The van der Waals surface area contributed by atoms with E-state index in [0.717, 1.165) is 30.2 Å². The Hall–Kier alpha value is -2.18. The molecule has 0 bridgehead atoms. The first-order chi connectivity index (χ1) is 10.6. The van der Waals surface area contributed by atoms with E-state index in [0.29, 0.717) is 0 Å². The van der Waals surface area contributed by atoms with Crippen molar-refractivity contribution in [2.75, 3.05) is 0 Å². The highest BCUT2D eigenvalue weighted by molar-refractivity contribution is 6.21. The second-order valence-electron chi connectivity index (χ2n) is 4.74. The molecule has 0 aliphatic heterocycles. The smallest absolute Gasteiger partial charge is 0.166 e. The highest BCUT2D eigenvalue weighted by Gasteiger charge is 2.32. The zero-order valence-electron chi connectivity index (χ0n) is 11.5. The molecule has 0 N–H and O–H groups in total. The van der Waals surface area contributed by atoms with Gasteiger partial charge in [0, 0.05) is 0 Å². The molecule has 0 unspecified atom stereocenters. The summed E-state index contributed by atoms with van der Waals surface area (Å²) in [5.41, 5.74) is -1.55. The number of rotatable bonds is 2. The number of hydrogen-bond acceptors (Lipinski definition) is 0. The molecule has 0 amide bonds. The van der Waals surface area contributed by atoms with Gasteiger partial charge in [0.15, 0.2) is 0 Å². The van der Waals surface area contributed by atoms with Gasteiger partial charge in [0.2, 0.25) is 0 Å². The molecule has 0 spiro atoms. The van der Waals surface area contributed by atoms with Gasteiger partial charge in [-0.25, -0.2) is 0 Å². The maximum Gasteiger partial charge on any atom is 0.416 e. The van der Waals surface area contributed by atoms with Crippen LogP contribution in [0, 0.1) is 0 Å². The zero-order valence-corrected chi connectivity index (χ0v) is 11.5. The summed E-state index contributed by atoms with van der Waals surface area (Å²) in [6.45, 7) is 0. The molecule has 0 atom stereocenters. The summed E-state index contributed by atoms with van der Waals surface area (Å²) in [6, 6.07) is 8.51. The fourth-order valence-electron chi connectivity index (χ4n) is 2.09. The molecule has 0 saturated heterocycles. The van der Waals surface area contributed by atoms with Crippen molar-refractivity contribution < 1.29 is 26.3 Å². The Morgan fingerprint density at radius 1 is 0.739 bits per heavy atom. The Labute approximate surface area is 129 Å². The third kappa shape index (κ3) is 3.97. The molecule has 2 aromatic rings. The van der Waals surface area contributed by atoms with E-state index in [-0.39, 0.29) is 16.7 Å². The largest absolute Gasteiger partial charge is 0.416 e. The van der Waals surface area contributed by atoms with Crippen LogP contribution in [0.2, 0.25) is 0 Å². The van der Waals surface area contributed by atoms with Crippen molar-refractivity contribution in [2.45, 2.75) is 12.4 Å². The van der Waals surface area contributed by atoms with Gasteiger partial charge in [0.25, 0.3) is 0 Å². The van der Waals surface area contributed by atoms with Crippen LogP contribution < -0.4 is 0 Å². The van der Waals surface area contributed by atoms with Crippen LogP contribution in [0.3, 0.4) is 0 Å². The Kier molecular flexibility index (Phi) is 4.59. The zero-order chi connectivity index (χ0) is 17.3. The molecule has 7 heteroatoms. The predicted octanol–water partition coefficient (Wildman–Crippen LogP) is 5.28. The number of halogens is 6. The van der Waals surface area contributed by atoms with Gasteiger partial charge >= 0.3 is 12.4 Å². The SMILES string of the molecule is [B]C=C(c1cccc(C(F)(F)F)c1)c1cccc(C(F)(F)F)c1. The summed E-state index contributed by atoms with van der Waals surface area (Å²) < 4.78 is 76.6. The molecule has 0 aromatic heterocycles. The summed E-state index contributed by atoms with van der Waals surface area (Å²) in [4.78, 5) is 0. The van der Waals surface area contributed by atoms with Gasteiger partial charge in [-0.15, -0.1) is 5.98 Å². The van der Waals surface area contributed by atoms with E-state index >= 15 is 0 Å². The van der Waals surface area contributed by atoms with Crippen molar-refractivity contribution in [1.29, 1.82) is 0 Å². The molecule has 0 aliphatic carbocycles. The van der Waals surface area contributed by atoms with E-state index in [1.165, 1.54) is 24.3 Å². The van der Waals surface area contributed by atoms with Crippen molar-refractivity contribution in [3.8, 4) is 0 Å². The van der Waals surface area contributed by atoms with E-state index in [1.54, 1.807) is 0 Å². The lowest BCUT2D eigenvalue weighted by Gasteiger charge is -2.14. The highest BCUT2D eigenvalue weighted by Crippen LogP contribution is 2.34. The molecule has 2 aromatic carbocycles. The van der Waals surface area contributed by atoms with Gasteiger partial charge in [0.05, 0.1) is 11.1 Å².